The highest BCUT2D eigenvalue weighted by Crippen LogP contribution is 2.32. The minimum absolute atomic E-state index is 0.325. The molecule has 0 bridgehead atoms. The average molecular weight is 204 g/mol. The Morgan fingerprint density at radius 3 is 2.73 bits per heavy atom. The number of anilines is 1. The number of rotatable bonds is 2. The van der Waals surface area contributed by atoms with Crippen LogP contribution in [0, 0.1) is 6.92 Å². The number of nitrogens with zero attached hydrogens (tertiary/aromatic N) is 1. The maximum atomic E-state index is 5.66. The van der Waals surface area contributed by atoms with Gasteiger partial charge in [0, 0.05) is 0 Å². The van der Waals surface area contributed by atoms with Crippen molar-refractivity contribution in [2.75, 3.05) is 12.8 Å². The third kappa shape index (κ3) is 1.54. The summed E-state index contributed by atoms with van der Waals surface area (Å²) in [6, 6.07) is 5.77. The molecule has 1 heterocycles. The third-order valence-corrected chi connectivity index (χ3v) is 2.39. The van der Waals surface area contributed by atoms with Crippen molar-refractivity contribution in [1.29, 1.82) is 0 Å². The van der Waals surface area contributed by atoms with Gasteiger partial charge in [-0.05, 0) is 24.1 Å². The molecule has 4 heteroatoms. The third-order valence-electron chi connectivity index (χ3n) is 2.39. The molecule has 78 valence electrons. The van der Waals surface area contributed by atoms with Gasteiger partial charge in [-0.15, -0.1) is 0 Å². The van der Waals surface area contributed by atoms with E-state index in [1.165, 1.54) is 0 Å². The molecule has 0 radical (unpaired) electrons. The summed E-state index contributed by atoms with van der Waals surface area (Å²) in [5, 5.41) is 3.65. The highest BCUT2D eigenvalue weighted by molar-refractivity contribution is 5.76. The monoisotopic (exact) mass is 204 g/mol. The van der Waals surface area contributed by atoms with Crippen molar-refractivity contribution in [3.05, 3.63) is 30.0 Å². The molecule has 1 aromatic carbocycles. The number of methoxy groups -OCH3 is 1. The van der Waals surface area contributed by atoms with E-state index in [2.05, 4.69) is 5.16 Å². The van der Waals surface area contributed by atoms with Crippen LogP contribution in [0.3, 0.4) is 0 Å². The topological polar surface area (TPSA) is 61.3 Å². The SMILES string of the molecule is COc1cccc(-c2cnoc2N)c1C. The fourth-order valence-corrected chi connectivity index (χ4v) is 1.58. The Labute approximate surface area is 87.6 Å². The fraction of sp³-hybridized carbons (Fsp3) is 0.182. The number of aromatic nitrogens is 1. The highest BCUT2D eigenvalue weighted by Gasteiger charge is 2.11. The Balaban J connectivity index is 2.59. The van der Waals surface area contributed by atoms with Gasteiger partial charge in [-0.25, -0.2) is 0 Å². The summed E-state index contributed by atoms with van der Waals surface area (Å²) in [4.78, 5) is 0. The number of ether oxygens (including phenoxy) is 1. The van der Waals surface area contributed by atoms with Gasteiger partial charge in [0.2, 0.25) is 5.88 Å². The van der Waals surface area contributed by atoms with Crippen LogP contribution in [0.2, 0.25) is 0 Å². The number of benzene rings is 1. The first-order chi connectivity index (χ1) is 7.24. The van der Waals surface area contributed by atoms with E-state index in [1.807, 2.05) is 25.1 Å². The standard InChI is InChI=1S/C11H12N2O2/c1-7-8(4-3-5-10(7)14-2)9-6-13-15-11(9)12/h3-6H,12H2,1-2H3. The van der Waals surface area contributed by atoms with Gasteiger partial charge in [-0.2, -0.15) is 0 Å². The van der Waals surface area contributed by atoms with Crippen molar-refractivity contribution in [1.82, 2.24) is 5.16 Å². The zero-order chi connectivity index (χ0) is 10.8. The van der Waals surface area contributed by atoms with Crippen molar-refractivity contribution in [3.8, 4) is 16.9 Å². The molecule has 4 nitrogen and oxygen atoms in total. The molecule has 0 unspecified atom stereocenters. The lowest BCUT2D eigenvalue weighted by molar-refractivity contribution is 0.412. The second-order valence-electron chi connectivity index (χ2n) is 3.24. The molecule has 0 aliphatic carbocycles. The van der Waals surface area contributed by atoms with Crippen LogP contribution in [0.15, 0.2) is 28.9 Å². The quantitative estimate of drug-likeness (QED) is 0.814. The first kappa shape index (κ1) is 9.58. The lowest BCUT2D eigenvalue weighted by atomic mass is 10.0. The van der Waals surface area contributed by atoms with Gasteiger partial charge in [0.1, 0.15) is 5.75 Å². The van der Waals surface area contributed by atoms with E-state index in [0.29, 0.717) is 5.88 Å². The van der Waals surface area contributed by atoms with Crippen LogP contribution in [-0.4, -0.2) is 12.3 Å². The van der Waals surface area contributed by atoms with E-state index in [0.717, 1.165) is 22.4 Å². The van der Waals surface area contributed by atoms with Gasteiger partial charge in [0.05, 0.1) is 18.9 Å². The van der Waals surface area contributed by atoms with Crippen molar-refractivity contribution >= 4 is 5.88 Å². The molecule has 1 aromatic heterocycles. The Morgan fingerprint density at radius 1 is 1.33 bits per heavy atom. The predicted octanol–water partition coefficient (Wildman–Crippen LogP) is 2.24. The van der Waals surface area contributed by atoms with Crippen molar-refractivity contribution in [3.63, 3.8) is 0 Å². The Morgan fingerprint density at radius 2 is 2.13 bits per heavy atom. The number of nitrogens with two attached hydrogens (primary N) is 1. The van der Waals surface area contributed by atoms with Crippen LogP contribution < -0.4 is 10.5 Å². The minimum atomic E-state index is 0.325. The molecule has 15 heavy (non-hydrogen) atoms. The van der Waals surface area contributed by atoms with Gasteiger partial charge in [0.15, 0.2) is 0 Å². The second kappa shape index (κ2) is 3.65. The van der Waals surface area contributed by atoms with Crippen LogP contribution in [0.25, 0.3) is 11.1 Å². The van der Waals surface area contributed by atoms with Crippen LogP contribution in [0.1, 0.15) is 5.56 Å². The molecule has 0 amide bonds. The van der Waals surface area contributed by atoms with Crippen molar-refractivity contribution in [2.24, 2.45) is 0 Å². The zero-order valence-electron chi connectivity index (χ0n) is 8.65. The molecule has 2 N–H and O–H groups in total. The summed E-state index contributed by atoms with van der Waals surface area (Å²) in [5.41, 5.74) is 8.46. The maximum Gasteiger partial charge on any atom is 0.229 e. The minimum Gasteiger partial charge on any atom is -0.496 e. The second-order valence-corrected chi connectivity index (χ2v) is 3.24. The fourth-order valence-electron chi connectivity index (χ4n) is 1.58. The highest BCUT2D eigenvalue weighted by atomic mass is 16.5. The van der Waals surface area contributed by atoms with Crippen LogP contribution in [0.5, 0.6) is 5.75 Å². The normalized spacial score (nSPS) is 10.3. The summed E-state index contributed by atoms with van der Waals surface area (Å²) < 4.78 is 10.1. The molecule has 2 rings (SSSR count). The molecular formula is C11H12N2O2. The zero-order valence-corrected chi connectivity index (χ0v) is 8.65. The Hall–Kier alpha value is -1.97. The Kier molecular flexibility index (Phi) is 2.33. The first-order valence-corrected chi connectivity index (χ1v) is 4.58. The Bertz CT molecular complexity index is 477. The summed E-state index contributed by atoms with van der Waals surface area (Å²) in [5.74, 6) is 1.15. The number of nitrogen functional groups attached to an aromatic ring is 1. The molecule has 0 saturated heterocycles. The number of hydrogen-bond acceptors (Lipinski definition) is 4. The maximum absolute atomic E-state index is 5.66. The lowest BCUT2D eigenvalue weighted by Gasteiger charge is -2.08. The summed E-state index contributed by atoms with van der Waals surface area (Å²) in [6.07, 6.45) is 1.61. The summed E-state index contributed by atoms with van der Waals surface area (Å²) in [7, 11) is 1.64. The van der Waals surface area contributed by atoms with Crippen LogP contribution in [0.4, 0.5) is 5.88 Å². The van der Waals surface area contributed by atoms with Crippen LogP contribution in [-0.2, 0) is 0 Å². The molecule has 0 spiro atoms. The number of hydrogen-bond donors (Lipinski definition) is 1. The molecular weight excluding hydrogens is 192 g/mol. The molecule has 0 aliphatic heterocycles. The van der Waals surface area contributed by atoms with Gasteiger partial charge < -0.3 is 15.0 Å². The van der Waals surface area contributed by atoms with Crippen LogP contribution >= 0.6 is 0 Å². The van der Waals surface area contributed by atoms with E-state index in [-0.39, 0.29) is 0 Å². The van der Waals surface area contributed by atoms with Gasteiger partial charge in [-0.3, -0.25) is 0 Å². The van der Waals surface area contributed by atoms with Crippen molar-refractivity contribution < 1.29 is 9.26 Å². The summed E-state index contributed by atoms with van der Waals surface area (Å²) in [6.45, 7) is 1.97. The molecule has 2 aromatic rings. The van der Waals surface area contributed by atoms with Crippen molar-refractivity contribution in [2.45, 2.75) is 6.92 Å². The predicted molar refractivity (Wildman–Crippen MR) is 57.6 cm³/mol. The first-order valence-electron chi connectivity index (χ1n) is 4.58. The van der Waals surface area contributed by atoms with E-state index in [9.17, 15) is 0 Å². The summed E-state index contributed by atoms with van der Waals surface area (Å²) >= 11 is 0. The lowest BCUT2D eigenvalue weighted by Crippen LogP contribution is -1.91. The average Bonchev–Trinajstić information content (AvgIpc) is 2.65. The van der Waals surface area contributed by atoms with E-state index in [1.54, 1.807) is 13.3 Å². The van der Waals surface area contributed by atoms with E-state index in [4.69, 9.17) is 15.0 Å². The van der Waals surface area contributed by atoms with Gasteiger partial charge in [-0.1, -0.05) is 17.3 Å². The van der Waals surface area contributed by atoms with Gasteiger partial charge >= 0.3 is 0 Å². The van der Waals surface area contributed by atoms with E-state index < -0.39 is 0 Å². The molecule has 0 aliphatic rings. The molecule has 0 atom stereocenters. The largest absolute Gasteiger partial charge is 0.496 e. The van der Waals surface area contributed by atoms with Gasteiger partial charge in [0.25, 0.3) is 0 Å². The smallest absolute Gasteiger partial charge is 0.229 e. The molecule has 0 saturated carbocycles. The molecule has 0 fully saturated rings. The van der Waals surface area contributed by atoms with E-state index >= 15 is 0 Å².